The van der Waals surface area contributed by atoms with Gasteiger partial charge in [-0.25, -0.2) is 4.98 Å². The topological polar surface area (TPSA) is 85.1 Å². The summed E-state index contributed by atoms with van der Waals surface area (Å²) in [6.45, 7) is 1.50. The van der Waals surface area contributed by atoms with Crippen LogP contribution in [0, 0.1) is 0 Å². The van der Waals surface area contributed by atoms with Gasteiger partial charge in [0.15, 0.2) is 5.78 Å². The molecule has 2 heterocycles. The molecule has 1 aliphatic carbocycles. The number of benzene rings is 1. The number of nitrogens with one attached hydrogen (secondary N) is 1. The molecule has 0 fully saturated rings. The van der Waals surface area contributed by atoms with Crippen LogP contribution in [0.15, 0.2) is 30.3 Å². The second-order valence-electron chi connectivity index (χ2n) is 6.24. The Morgan fingerprint density at radius 1 is 1.24 bits per heavy atom. The van der Waals surface area contributed by atoms with E-state index in [2.05, 4.69) is 16.4 Å². The van der Waals surface area contributed by atoms with Gasteiger partial charge >= 0.3 is 0 Å². The Morgan fingerprint density at radius 2 is 2.08 bits per heavy atom. The molecule has 6 heteroatoms. The van der Waals surface area contributed by atoms with Crippen LogP contribution < -0.4 is 11.1 Å². The van der Waals surface area contributed by atoms with Crippen LogP contribution in [0.3, 0.4) is 0 Å². The van der Waals surface area contributed by atoms with Crippen LogP contribution in [-0.2, 0) is 12.8 Å². The van der Waals surface area contributed by atoms with Gasteiger partial charge in [0.05, 0.1) is 5.69 Å². The minimum absolute atomic E-state index is 0.0452. The average molecular weight is 351 g/mol. The zero-order chi connectivity index (χ0) is 17.6. The lowest BCUT2D eigenvalue weighted by Crippen LogP contribution is -2.12. The van der Waals surface area contributed by atoms with Crippen LogP contribution in [0.2, 0.25) is 0 Å². The Morgan fingerprint density at radius 3 is 2.88 bits per heavy atom. The maximum absolute atomic E-state index is 12.6. The largest absolute Gasteiger partial charge is 0.397 e. The molecule has 0 atom stereocenters. The van der Waals surface area contributed by atoms with Crippen molar-refractivity contribution in [3.05, 3.63) is 52.0 Å². The van der Waals surface area contributed by atoms with Crippen molar-refractivity contribution in [3.63, 3.8) is 0 Å². The third kappa shape index (κ3) is 2.78. The first-order valence-corrected chi connectivity index (χ1v) is 8.97. The van der Waals surface area contributed by atoms with Crippen molar-refractivity contribution < 1.29 is 9.59 Å². The number of thiophene rings is 1. The summed E-state index contributed by atoms with van der Waals surface area (Å²) in [5.41, 5.74) is 10.2. The molecule has 1 aromatic carbocycles. The molecule has 4 rings (SSSR count). The Labute approximate surface area is 148 Å². The molecular formula is C19H17N3O2S. The van der Waals surface area contributed by atoms with Gasteiger partial charge in [-0.05, 0) is 49.9 Å². The second kappa shape index (κ2) is 5.97. The first-order chi connectivity index (χ1) is 12.0. The van der Waals surface area contributed by atoms with E-state index in [1.54, 1.807) is 24.3 Å². The molecule has 3 N–H and O–H groups in total. The number of nitrogens with zero attached hydrogens (tertiary/aromatic N) is 1. The van der Waals surface area contributed by atoms with Crippen molar-refractivity contribution >= 4 is 44.6 Å². The van der Waals surface area contributed by atoms with Gasteiger partial charge in [0, 0.05) is 22.3 Å². The molecule has 0 radical (unpaired) electrons. The molecule has 3 aromatic rings. The summed E-state index contributed by atoms with van der Waals surface area (Å²) in [6.07, 6.45) is 3.13. The quantitative estimate of drug-likeness (QED) is 0.703. The van der Waals surface area contributed by atoms with Gasteiger partial charge in [-0.1, -0.05) is 12.1 Å². The van der Waals surface area contributed by atoms with Gasteiger partial charge in [-0.15, -0.1) is 11.3 Å². The van der Waals surface area contributed by atoms with Gasteiger partial charge in [-0.3, -0.25) is 9.59 Å². The number of carbonyl (C=O) groups is 2. The number of anilines is 2. The molecule has 0 aliphatic heterocycles. The minimum atomic E-state index is -0.277. The van der Waals surface area contributed by atoms with Gasteiger partial charge in [0.25, 0.3) is 5.91 Å². The molecule has 2 aromatic heterocycles. The van der Waals surface area contributed by atoms with E-state index in [1.807, 2.05) is 0 Å². The van der Waals surface area contributed by atoms with E-state index < -0.39 is 0 Å². The van der Waals surface area contributed by atoms with Crippen molar-refractivity contribution in [1.29, 1.82) is 0 Å². The van der Waals surface area contributed by atoms with Crippen molar-refractivity contribution in [2.45, 2.75) is 26.2 Å². The second-order valence-corrected chi connectivity index (χ2v) is 7.24. The summed E-state index contributed by atoms with van der Waals surface area (Å²) in [5.74, 6) is -0.322. The van der Waals surface area contributed by atoms with Crippen LogP contribution in [0.25, 0.3) is 10.2 Å². The van der Waals surface area contributed by atoms with Crippen LogP contribution in [-0.4, -0.2) is 16.7 Å². The van der Waals surface area contributed by atoms with E-state index >= 15 is 0 Å². The number of Topliss-reactive ketones (excluding diaryl/α,β-unsaturated/α-hetero) is 1. The Bertz CT molecular complexity index is 1020. The Balaban J connectivity index is 1.67. The van der Waals surface area contributed by atoms with Crippen LogP contribution in [0.1, 0.15) is 44.6 Å². The highest BCUT2D eigenvalue weighted by Crippen LogP contribution is 2.36. The minimum Gasteiger partial charge on any atom is -0.397 e. The number of fused-ring (bicyclic) bond motifs is 2. The molecule has 5 nitrogen and oxygen atoms in total. The summed E-state index contributed by atoms with van der Waals surface area (Å²) < 4.78 is 0. The van der Waals surface area contributed by atoms with E-state index in [0.717, 1.165) is 35.2 Å². The number of pyridine rings is 1. The molecule has 126 valence electrons. The van der Waals surface area contributed by atoms with Crippen LogP contribution in [0.5, 0.6) is 0 Å². The number of carbonyl (C=O) groups excluding carboxylic acids is 2. The highest BCUT2D eigenvalue weighted by Gasteiger charge is 2.21. The summed E-state index contributed by atoms with van der Waals surface area (Å²) in [5, 5.41) is 3.68. The summed E-state index contributed by atoms with van der Waals surface area (Å²) >= 11 is 1.31. The maximum atomic E-state index is 12.6. The van der Waals surface area contributed by atoms with E-state index in [4.69, 9.17) is 5.73 Å². The third-order valence-electron chi connectivity index (χ3n) is 4.48. The van der Waals surface area contributed by atoms with Crippen molar-refractivity contribution in [2.75, 3.05) is 11.1 Å². The van der Waals surface area contributed by atoms with E-state index in [-0.39, 0.29) is 11.7 Å². The van der Waals surface area contributed by atoms with Crippen molar-refractivity contribution in [2.24, 2.45) is 0 Å². The third-order valence-corrected chi connectivity index (χ3v) is 5.60. The van der Waals surface area contributed by atoms with E-state index in [1.165, 1.54) is 23.8 Å². The fourth-order valence-corrected chi connectivity index (χ4v) is 4.16. The number of aryl methyl sites for hydroxylation is 2. The monoisotopic (exact) mass is 351 g/mol. The van der Waals surface area contributed by atoms with E-state index in [0.29, 0.717) is 21.8 Å². The maximum Gasteiger partial charge on any atom is 0.267 e. The summed E-state index contributed by atoms with van der Waals surface area (Å²) in [6, 6.07) is 8.95. The molecule has 25 heavy (non-hydrogen) atoms. The molecule has 0 bridgehead atoms. The van der Waals surface area contributed by atoms with Crippen LogP contribution in [0.4, 0.5) is 11.4 Å². The highest BCUT2D eigenvalue weighted by molar-refractivity contribution is 7.21. The zero-order valence-corrected chi connectivity index (χ0v) is 14.6. The number of hydrogen-bond donors (Lipinski definition) is 2. The van der Waals surface area contributed by atoms with E-state index in [9.17, 15) is 9.59 Å². The zero-order valence-electron chi connectivity index (χ0n) is 13.8. The van der Waals surface area contributed by atoms with Gasteiger partial charge in [0.1, 0.15) is 9.71 Å². The number of aromatic nitrogens is 1. The fourth-order valence-electron chi connectivity index (χ4n) is 3.17. The molecule has 0 spiro atoms. The van der Waals surface area contributed by atoms with Crippen molar-refractivity contribution in [1.82, 2.24) is 4.98 Å². The molecule has 0 saturated carbocycles. The summed E-state index contributed by atoms with van der Waals surface area (Å²) in [7, 11) is 0. The molecule has 0 saturated heterocycles. The van der Waals surface area contributed by atoms with Gasteiger partial charge < -0.3 is 11.1 Å². The number of nitrogen functional groups attached to an aromatic ring is 1. The number of hydrogen-bond acceptors (Lipinski definition) is 5. The Hall–Kier alpha value is -2.73. The lowest BCUT2D eigenvalue weighted by atomic mass is 10.1. The number of rotatable bonds is 3. The first-order valence-electron chi connectivity index (χ1n) is 8.16. The smallest absolute Gasteiger partial charge is 0.267 e. The Kier molecular flexibility index (Phi) is 3.77. The predicted octanol–water partition coefficient (Wildman–Crippen LogP) is 3.82. The molecule has 1 aliphatic rings. The standard InChI is InChI=1S/C19H17N3O2S/c1-10(23)11-4-2-6-13(8-11)21-18(24)17-16(20)14-9-12-5-3-7-15(12)22-19(14)25-17/h2,4,6,8-9H,3,5,7,20H2,1H3,(H,21,24). The normalized spacial score (nSPS) is 13.0. The first kappa shape index (κ1) is 15.8. The molecule has 1 amide bonds. The van der Waals surface area contributed by atoms with Gasteiger partial charge in [0.2, 0.25) is 0 Å². The molecule has 0 unspecified atom stereocenters. The van der Waals surface area contributed by atoms with Crippen LogP contribution >= 0.6 is 11.3 Å². The number of amides is 1. The lowest BCUT2D eigenvalue weighted by molar-refractivity contribution is 0.101. The summed E-state index contributed by atoms with van der Waals surface area (Å²) in [4.78, 5) is 30.1. The lowest BCUT2D eigenvalue weighted by Gasteiger charge is -2.05. The molecular weight excluding hydrogens is 334 g/mol. The number of nitrogens with two attached hydrogens (primary N) is 1. The van der Waals surface area contributed by atoms with Gasteiger partial charge in [-0.2, -0.15) is 0 Å². The average Bonchev–Trinajstić information content (AvgIpc) is 3.17. The highest BCUT2D eigenvalue weighted by atomic mass is 32.1. The predicted molar refractivity (Wildman–Crippen MR) is 100 cm³/mol. The SMILES string of the molecule is CC(=O)c1cccc(NC(=O)c2sc3nc4c(cc3c2N)CCC4)c1. The van der Waals surface area contributed by atoms with Crippen molar-refractivity contribution in [3.8, 4) is 0 Å². The number of ketones is 1. The fraction of sp³-hybridized carbons (Fsp3) is 0.211.